The van der Waals surface area contributed by atoms with Gasteiger partial charge in [-0.05, 0) is 37.1 Å². The highest BCUT2D eigenvalue weighted by Gasteiger charge is 2.06. The van der Waals surface area contributed by atoms with Gasteiger partial charge in [0.05, 0.1) is 11.6 Å². The molecule has 92 valence electrons. The van der Waals surface area contributed by atoms with Crippen LogP contribution in [0, 0.1) is 18.3 Å². The van der Waals surface area contributed by atoms with Crippen molar-refractivity contribution >= 4 is 5.69 Å². The molecule has 1 rings (SSSR count). The lowest BCUT2D eigenvalue weighted by Crippen LogP contribution is -2.28. The number of aryl methyl sites for hydroxylation is 1. The van der Waals surface area contributed by atoms with E-state index in [1.807, 2.05) is 25.1 Å². The van der Waals surface area contributed by atoms with E-state index in [1.165, 1.54) is 12.8 Å². The molecule has 0 aromatic heterocycles. The Balaban J connectivity index is 2.67. The molecule has 3 heteroatoms. The zero-order chi connectivity index (χ0) is 12.7. The highest BCUT2D eigenvalue weighted by Crippen LogP contribution is 2.16. The first kappa shape index (κ1) is 13.5. The molecule has 3 nitrogen and oxygen atoms in total. The monoisotopic (exact) mass is 231 g/mol. The van der Waals surface area contributed by atoms with Gasteiger partial charge >= 0.3 is 0 Å². The van der Waals surface area contributed by atoms with Crippen molar-refractivity contribution in [2.75, 3.05) is 11.9 Å². The molecule has 0 aliphatic carbocycles. The van der Waals surface area contributed by atoms with Crippen molar-refractivity contribution in [3.05, 3.63) is 29.3 Å². The molecule has 0 aliphatic heterocycles. The fraction of sp³-hybridized carbons (Fsp3) is 0.500. The Bertz CT molecular complexity index is 393. The Kier molecular flexibility index (Phi) is 5.51. The topological polar surface area (TPSA) is 61.8 Å². The molecule has 0 spiro atoms. The van der Waals surface area contributed by atoms with Crippen molar-refractivity contribution in [2.45, 2.75) is 39.2 Å². The fourth-order valence-corrected chi connectivity index (χ4v) is 1.81. The molecule has 0 saturated carbocycles. The average molecular weight is 231 g/mol. The maximum atomic E-state index is 8.86. The van der Waals surface area contributed by atoms with Crippen molar-refractivity contribution in [3.8, 4) is 6.07 Å². The van der Waals surface area contributed by atoms with Crippen LogP contribution in [0.25, 0.3) is 0 Å². The van der Waals surface area contributed by atoms with Gasteiger partial charge in [0.2, 0.25) is 0 Å². The van der Waals surface area contributed by atoms with Crippen LogP contribution in [0.2, 0.25) is 0 Å². The van der Waals surface area contributed by atoms with Crippen LogP contribution in [0.4, 0.5) is 5.69 Å². The molecule has 3 N–H and O–H groups in total. The molecule has 0 amide bonds. The van der Waals surface area contributed by atoms with Gasteiger partial charge in [0.25, 0.3) is 0 Å². The molecular formula is C14H21N3. The maximum absolute atomic E-state index is 8.86. The third-order valence-corrected chi connectivity index (χ3v) is 2.91. The van der Waals surface area contributed by atoms with Crippen molar-refractivity contribution in [1.29, 1.82) is 5.26 Å². The number of nitrogens with one attached hydrogen (secondary N) is 1. The van der Waals surface area contributed by atoms with Crippen LogP contribution in [-0.2, 0) is 0 Å². The van der Waals surface area contributed by atoms with E-state index < -0.39 is 0 Å². The number of nitrogens with zero attached hydrogens (tertiary/aromatic N) is 1. The van der Waals surface area contributed by atoms with E-state index in [4.69, 9.17) is 11.0 Å². The molecule has 0 fully saturated rings. The summed E-state index contributed by atoms with van der Waals surface area (Å²) in [5.74, 6) is 0. The lowest BCUT2D eigenvalue weighted by atomic mass is 10.1. The van der Waals surface area contributed by atoms with Crippen LogP contribution in [0.15, 0.2) is 18.2 Å². The van der Waals surface area contributed by atoms with Crippen molar-refractivity contribution < 1.29 is 0 Å². The average Bonchev–Trinajstić information content (AvgIpc) is 2.34. The van der Waals surface area contributed by atoms with E-state index in [9.17, 15) is 0 Å². The smallest absolute Gasteiger partial charge is 0.0994 e. The summed E-state index contributed by atoms with van der Waals surface area (Å²) in [5.41, 5.74) is 8.52. The first-order valence-corrected chi connectivity index (χ1v) is 6.18. The van der Waals surface area contributed by atoms with E-state index in [1.54, 1.807) is 0 Å². The van der Waals surface area contributed by atoms with Crippen LogP contribution in [-0.4, -0.2) is 12.6 Å². The number of hydrogen-bond donors (Lipinski definition) is 2. The Morgan fingerprint density at radius 1 is 1.47 bits per heavy atom. The van der Waals surface area contributed by atoms with Crippen LogP contribution in [0.1, 0.15) is 37.3 Å². The van der Waals surface area contributed by atoms with E-state index >= 15 is 0 Å². The predicted molar refractivity (Wildman–Crippen MR) is 71.9 cm³/mol. The van der Waals surface area contributed by atoms with E-state index in [-0.39, 0.29) is 0 Å². The normalized spacial score (nSPS) is 11.9. The minimum Gasteiger partial charge on any atom is -0.381 e. The zero-order valence-corrected chi connectivity index (χ0v) is 10.7. The largest absolute Gasteiger partial charge is 0.381 e. The van der Waals surface area contributed by atoms with E-state index in [0.717, 1.165) is 23.2 Å². The second kappa shape index (κ2) is 6.93. The molecule has 0 radical (unpaired) electrons. The number of anilines is 1. The number of hydrogen-bond acceptors (Lipinski definition) is 3. The minimum absolute atomic E-state index is 0.322. The number of nitriles is 1. The van der Waals surface area contributed by atoms with Crippen LogP contribution >= 0.6 is 0 Å². The summed E-state index contributed by atoms with van der Waals surface area (Å²) in [4.78, 5) is 0. The van der Waals surface area contributed by atoms with Gasteiger partial charge in [0.1, 0.15) is 0 Å². The first-order chi connectivity index (χ1) is 8.21. The van der Waals surface area contributed by atoms with Gasteiger partial charge in [-0.3, -0.25) is 0 Å². The fourth-order valence-electron chi connectivity index (χ4n) is 1.81. The third kappa shape index (κ3) is 4.08. The molecule has 0 bridgehead atoms. The molecular weight excluding hydrogens is 210 g/mol. The first-order valence-electron chi connectivity index (χ1n) is 6.18. The quantitative estimate of drug-likeness (QED) is 0.791. The van der Waals surface area contributed by atoms with Crippen molar-refractivity contribution in [3.63, 3.8) is 0 Å². The van der Waals surface area contributed by atoms with Crippen molar-refractivity contribution in [2.24, 2.45) is 5.73 Å². The van der Waals surface area contributed by atoms with Crippen LogP contribution in [0.3, 0.4) is 0 Å². The second-order valence-electron chi connectivity index (χ2n) is 4.36. The Hall–Kier alpha value is -1.53. The molecule has 0 aliphatic rings. The predicted octanol–water partition coefficient (Wildman–Crippen LogP) is 2.80. The summed E-state index contributed by atoms with van der Waals surface area (Å²) >= 11 is 0. The van der Waals surface area contributed by atoms with E-state index in [0.29, 0.717) is 12.6 Å². The molecule has 1 aromatic carbocycles. The van der Waals surface area contributed by atoms with Gasteiger partial charge in [0, 0.05) is 18.3 Å². The zero-order valence-electron chi connectivity index (χ0n) is 10.7. The van der Waals surface area contributed by atoms with Crippen LogP contribution < -0.4 is 11.1 Å². The Morgan fingerprint density at radius 2 is 2.24 bits per heavy atom. The van der Waals surface area contributed by atoms with Gasteiger partial charge in [-0.2, -0.15) is 5.26 Å². The minimum atomic E-state index is 0.322. The van der Waals surface area contributed by atoms with Gasteiger partial charge < -0.3 is 11.1 Å². The van der Waals surface area contributed by atoms with Crippen molar-refractivity contribution in [1.82, 2.24) is 0 Å². The molecule has 0 heterocycles. The summed E-state index contributed by atoms with van der Waals surface area (Å²) in [6.07, 6.45) is 3.46. The Labute approximate surface area is 104 Å². The third-order valence-electron chi connectivity index (χ3n) is 2.91. The van der Waals surface area contributed by atoms with Gasteiger partial charge in [0.15, 0.2) is 0 Å². The lowest BCUT2D eigenvalue weighted by Gasteiger charge is -2.18. The highest BCUT2D eigenvalue weighted by atomic mass is 14.9. The Morgan fingerprint density at radius 3 is 2.76 bits per heavy atom. The molecule has 1 unspecified atom stereocenters. The van der Waals surface area contributed by atoms with Gasteiger partial charge in [-0.25, -0.2) is 0 Å². The summed E-state index contributed by atoms with van der Waals surface area (Å²) < 4.78 is 0. The summed E-state index contributed by atoms with van der Waals surface area (Å²) in [6, 6.07) is 8.30. The SMILES string of the molecule is CCCCC(CN)Nc1ccc(C#N)c(C)c1. The molecule has 1 atom stereocenters. The number of nitrogens with two attached hydrogens (primary N) is 1. The van der Waals surface area contributed by atoms with Gasteiger partial charge in [-0.1, -0.05) is 19.8 Å². The summed E-state index contributed by atoms with van der Waals surface area (Å²) in [5, 5.41) is 12.3. The molecule has 0 saturated heterocycles. The maximum Gasteiger partial charge on any atom is 0.0994 e. The standard InChI is InChI=1S/C14H21N3/c1-3-4-5-14(10-16)17-13-7-6-12(9-15)11(2)8-13/h6-8,14,17H,3-5,10,16H2,1-2H3. The molecule has 17 heavy (non-hydrogen) atoms. The highest BCUT2D eigenvalue weighted by molar-refractivity contribution is 5.52. The summed E-state index contributed by atoms with van der Waals surface area (Å²) in [7, 11) is 0. The van der Waals surface area contributed by atoms with Crippen LogP contribution in [0.5, 0.6) is 0 Å². The number of benzene rings is 1. The molecule has 1 aromatic rings. The number of rotatable bonds is 6. The second-order valence-corrected chi connectivity index (χ2v) is 4.36. The van der Waals surface area contributed by atoms with Gasteiger partial charge in [-0.15, -0.1) is 0 Å². The van der Waals surface area contributed by atoms with E-state index in [2.05, 4.69) is 18.3 Å². The summed E-state index contributed by atoms with van der Waals surface area (Å²) in [6.45, 7) is 4.77. The lowest BCUT2D eigenvalue weighted by molar-refractivity contribution is 0.614. The number of unbranched alkanes of at least 4 members (excludes halogenated alkanes) is 1.